The largest absolute Gasteiger partial charge is 0.456 e. The Morgan fingerprint density at radius 2 is 0.772 bits per heavy atom. The van der Waals surface area contributed by atoms with Crippen molar-refractivity contribution in [3.8, 4) is 45.5 Å². The van der Waals surface area contributed by atoms with Gasteiger partial charge in [0.15, 0.2) is 17.5 Å². The van der Waals surface area contributed by atoms with Gasteiger partial charge in [-0.3, -0.25) is 0 Å². The smallest absolute Gasteiger partial charge is 0.164 e. The highest BCUT2D eigenvalue weighted by atomic mass is 16.3. The highest BCUT2D eigenvalue weighted by Gasteiger charge is 2.21. The lowest BCUT2D eigenvalue weighted by Crippen LogP contribution is -2.01. The number of benzene rings is 8. The molecule has 0 amide bonds. The average Bonchev–Trinajstić information content (AvgIpc) is 3.94. The summed E-state index contributed by atoms with van der Waals surface area (Å²) in [6.45, 7) is 0. The molecular weight excluding hydrogens is 699 g/mol. The predicted octanol–water partition coefficient (Wildman–Crippen LogP) is 13.0. The number of fused-ring (bicyclic) bond motifs is 10. The van der Waals surface area contributed by atoms with Crippen LogP contribution < -0.4 is 0 Å². The van der Waals surface area contributed by atoms with Crippen molar-refractivity contribution in [2.75, 3.05) is 0 Å². The van der Waals surface area contributed by atoms with Gasteiger partial charge in [0.25, 0.3) is 0 Å². The minimum atomic E-state index is 0.605. The second-order valence-electron chi connectivity index (χ2n) is 14.4. The normalized spacial score (nSPS) is 11.9. The molecule has 0 aliphatic carbocycles. The van der Waals surface area contributed by atoms with Crippen LogP contribution in [0.3, 0.4) is 0 Å². The monoisotopic (exact) mass is 729 g/mol. The van der Waals surface area contributed by atoms with Crippen LogP contribution in [-0.4, -0.2) is 24.1 Å². The van der Waals surface area contributed by atoms with E-state index >= 15 is 0 Å². The summed E-state index contributed by atoms with van der Waals surface area (Å²) >= 11 is 0. The molecule has 266 valence electrons. The summed E-state index contributed by atoms with van der Waals surface area (Å²) in [5, 5.41) is 6.96. The average molecular weight is 730 g/mol. The molecule has 4 aromatic heterocycles. The summed E-state index contributed by atoms with van der Waals surface area (Å²) in [6.07, 6.45) is 0. The molecule has 6 nitrogen and oxygen atoms in total. The van der Waals surface area contributed by atoms with Crippen LogP contribution in [0.5, 0.6) is 0 Å². The number of furan rings is 1. The molecule has 0 atom stereocenters. The van der Waals surface area contributed by atoms with Gasteiger partial charge < -0.3 is 13.6 Å². The molecule has 6 heteroatoms. The standard InChI is InChI=1S/C51H31N5O/c1-3-13-32(14-4-1)49-52-50(54-51(53-49)34-25-30-46-42(31-34)39-19-9-12-22-45(39)57-46)33-23-26-36(27-24-33)56-44-21-11-8-18-38(44)41-29-28-40-37-17-7-10-20-43(37)55(47(40)48(41)56)35-15-5-2-6-16-35/h1-31H. The Morgan fingerprint density at radius 3 is 1.40 bits per heavy atom. The lowest BCUT2D eigenvalue weighted by Gasteiger charge is -2.13. The molecule has 12 aromatic rings. The summed E-state index contributed by atoms with van der Waals surface area (Å²) in [4.78, 5) is 15.2. The van der Waals surface area contributed by atoms with Crippen LogP contribution in [0.25, 0.3) is 111 Å². The number of hydrogen-bond donors (Lipinski definition) is 0. The zero-order valence-corrected chi connectivity index (χ0v) is 30.5. The van der Waals surface area contributed by atoms with Crippen LogP contribution in [0, 0.1) is 0 Å². The minimum absolute atomic E-state index is 0.605. The first-order valence-electron chi connectivity index (χ1n) is 19.1. The summed E-state index contributed by atoms with van der Waals surface area (Å²) in [7, 11) is 0. The van der Waals surface area contributed by atoms with Crippen molar-refractivity contribution in [2.45, 2.75) is 0 Å². The van der Waals surface area contributed by atoms with E-state index in [1.54, 1.807) is 0 Å². The molecule has 0 saturated heterocycles. The first-order chi connectivity index (χ1) is 28.3. The molecule has 12 rings (SSSR count). The van der Waals surface area contributed by atoms with Crippen LogP contribution in [0.2, 0.25) is 0 Å². The van der Waals surface area contributed by atoms with Gasteiger partial charge in [0.2, 0.25) is 0 Å². The lowest BCUT2D eigenvalue weighted by atomic mass is 10.1. The molecule has 0 radical (unpaired) electrons. The van der Waals surface area contributed by atoms with Crippen molar-refractivity contribution in [1.82, 2.24) is 24.1 Å². The fourth-order valence-electron chi connectivity index (χ4n) is 8.59. The van der Waals surface area contributed by atoms with Crippen LogP contribution in [0.15, 0.2) is 192 Å². The maximum atomic E-state index is 6.14. The lowest BCUT2D eigenvalue weighted by molar-refractivity contribution is 0.669. The van der Waals surface area contributed by atoms with E-state index in [0.717, 1.165) is 61.0 Å². The Labute approximate surface area is 326 Å². The van der Waals surface area contributed by atoms with Gasteiger partial charge in [0.1, 0.15) is 11.2 Å². The van der Waals surface area contributed by atoms with Gasteiger partial charge in [-0.15, -0.1) is 0 Å². The third-order valence-corrected chi connectivity index (χ3v) is 11.2. The van der Waals surface area contributed by atoms with Crippen molar-refractivity contribution in [3.05, 3.63) is 188 Å². The topological polar surface area (TPSA) is 61.7 Å². The Bertz CT molecular complexity index is 3510. The SMILES string of the molecule is c1ccc(-c2nc(-c3ccc(-n4c5ccccc5c5ccc6c7ccccc7n(-c7ccccc7)c6c54)cc3)nc(-c3ccc4oc5ccccc5c4c3)n2)cc1. The zero-order valence-electron chi connectivity index (χ0n) is 30.5. The molecule has 0 aliphatic heterocycles. The molecule has 0 unspecified atom stereocenters. The second kappa shape index (κ2) is 12.3. The molecule has 0 aliphatic rings. The molecule has 0 bridgehead atoms. The van der Waals surface area contributed by atoms with E-state index in [1.165, 1.54) is 32.6 Å². The number of rotatable bonds is 5. The van der Waals surface area contributed by atoms with Gasteiger partial charge in [0, 0.05) is 60.4 Å². The van der Waals surface area contributed by atoms with E-state index in [9.17, 15) is 0 Å². The van der Waals surface area contributed by atoms with Gasteiger partial charge >= 0.3 is 0 Å². The number of nitrogens with zero attached hydrogens (tertiary/aromatic N) is 5. The van der Waals surface area contributed by atoms with Gasteiger partial charge in [0.05, 0.1) is 22.1 Å². The molecule has 4 heterocycles. The highest BCUT2D eigenvalue weighted by molar-refractivity contribution is 6.23. The van der Waals surface area contributed by atoms with E-state index in [1.807, 2.05) is 60.7 Å². The summed E-state index contributed by atoms with van der Waals surface area (Å²) < 4.78 is 11.0. The second-order valence-corrected chi connectivity index (χ2v) is 14.4. The summed E-state index contributed by atoms with van der Waals surface area (Å²) in [6, 6.07) is 65.6. The van der Waals surface area contributed by atoms with Crippen LogP contribution >= 0.6 is 0 Å². The highest BCUT2D eigenvalue weighted by Crippen LogP contribution is 2.42. The van der Waals surface area contributed by atoms with E-state index in [2.05, 4.69) is 137 Å². The van der Waals surface area contributed by atoms with Gasteiger partial charge in [-0.25, -0.2) is 15.0 Å². The van der Waals surface area contributed by atoms with Gasteiger partial charge in [-0.05, 0) is 72.8 Å². The molecule has 0 saturated carbocycles. The van der Waals surface area contributed by atoms with Gasteiger partial charge in [-0.2, -0.15) is 0 Å². The Hall–Kier alpha value is -7.83. The quantitative estimate of drug-likeness (QED) is 0.177. The van der Waals surface area contributed by atoms with Crippen LogP contribution in [0.4, 0.5) is 0 Å². The van der Waals surface area contributed by atoms with Crippen molar-refractivity contribution in [3.63, 3.8) is 0 Å². The minimum Gasteiger partial charge on any atom is -0.456 e. The number of para-hydroxylation sites is 4. The summed E-state index contributed by atoms with van der Waals surface area (Å²) in [5.41, 5.74) is 11.3. The first kappa shape index (κ1) is 31.5. The van der Waals surface area contributed by atoms with E-state index < -0.39 is 0 Å². The molecule has 0 N–H and O–H groups in total. The maximum absolute atomic E-state index is 6.14. The van der Waals surface area contributed by atoms with Crippen molar-refractivity contribution in [1.29, 1.82) is 0 Å². The molecule has 57 heavy (non-hydrogen) atoms. The predicted molar refractivity (Wildman–Crippen MR) is 232 cm³/mol. The van der Waals surface area contributed by atoms with Crippen molar-refractivity contribution < 1.29 is 4.42 Å². The number of hydrogen-bond acceptors (Lipinski definition) is 4. The summed E-state index contributed by atoms with van der Waals surface area (Å²) in [5.74, 6) is 1.83. The molecule has 0 spiro atoms. The zero-order chi connectivity index (χ0) is 37.5. The van der Waals surface area contributed by atoms with E-state index in [-0.39, 0.29) is 0 Å². The Morgan fingerprint density at radius 1 is 0.316 bits per heavy atom. The molecule has 8 aromatic carbocycles. The Kier molecular flexibility index (Phi) is 6.83. The first-order valence-corrected chi connectivity index (χ1v) is 19.1. The molecule has 0 fully saturated rings. The maximum Gasteiger partial charge on any atom is 0.164 e. The van der Waals surface area contributed by atoms with Crippen LogP contribution in [0.1, 0.15) is 0 Å². The fraction of sp³-hybridized carbons (Fsp3) is 0. The van der Waals surface area contributed by atoms with Gasteiger partial charge in [-0.1, -0.05) is 115 Å². The molecular formula is C51H31N5O. The van der Waals surface area contributed by atoms with Crippen molar-refractivity contribution >= 4 is 65.6 Å². The third kappa shape index (κ3) is 4.87. The van der Waals surface area contributed by atoms with Crippen molar-refractivity contribution in [2.24, 2.45) is 0 Å². The third-order valence-electron chi connectivity index (χ3n) is 11.2. The van der Waals surface area contributed by atoms with Crippen LogP contribution in [-0.2, 0) is 0 Å². The fourth-order valence-corrected chi connectivity index (χ4v) is 8.59. The van der Waals surface area contributed by atoms with E-state index in [4.69, 9.17) is 19.4 Å². The number of aromatic nitrogens is 5. The Balaban J connectivity index is 1.06. The van der Waals surface area contributed by atoms with E-state index in [0.29, 0.717) is 17.5 Å².